The number of anilines is 1. The van der Waals surface area contributed by atoms with Crippen LogP contribution in [-0.2, 0) is 6.54 Å². The average molecular weight is 363 g/mol. The minimum absolute atomic E-state index is 0.162. The molecule has 0 atom stereocenters. The minimum Gasteiger partial charge on any atom is -0.330 e. The predicted octanol–water partition coefficient (Wildman–Crippen LogP) is 3.29. The molecule has 0 fully saturated rings. The van der Waals surface area contributed by atoms with Crippen LogP contribution in [0.3, 0.4) is 0 Å². The van der Waals surface area contributed by atoms with Crippen LogP contribution in [0.4, 0.5) is 10.5 Å². The number of hydrogen-bond donors (Lipinski definition) is 2. The van der Waals surface area contributed by atoms with Crippen LogP contribution in [0.25, 0.3) is 5.69 Å². The smallest absolute Gasteiger partial charge is 0.319 e. The molecule has 0 unspecified atom stereocenters. The highest BCUT2D eigenvalue weighted by Gasteiger charge is 2.10. The largest absolute Gasteiger partial charge is 0.330 e. The predicted molar refractivity (Wildman–Crippen MR) is 91.5 cm³/mol. The van der Waals surface area contributed by atoms with Crippen molar-refractivity contribution in [3.8, 4) is 5.69 Å². The Morgan fingerprint density at radius 1 is 1.00 bits per heavy atom. The van der Waals surface area contributed by atoms with Gasteiger partial charge in [0.25, 0.3) is 0 Å². The maximum Gasteiger partial charge on any atom is 0.319 e. The van der Waals surface area contributed by atoms with E-state index >= 15 is 0 Å². The number of hydrogen-bond acceptors (Lipinski definition) is 4. The van der Waals surface area contributed by atoms with E-state index in [1.165, 1.54) is 4.68 Å². The number of amides is 2. The Hall–Kier alpha value is -2.64. The summed E-state index contributed by atoms with van der Waals surface area (Å²) in [6.07, 6.45) is 0. The molecule has 0 saturated heterocycles. The second-order valence-corrected chi connectivity index (χ2v) is 5.67. The third-order valence-electron chi connectivity index (χ3n) is 3.11. The molecule has 0 bridgehead atoms. The molecule has 0 aliphatic rings. The topological polar surface area (TPSA) is 84.7 Å². The van der Waals surface area contributed by atoms with E-state index in [9.17, 15) is 4.79 Å². The lowest BCUT2D eigenvalue weighted by Crippen LogP contribution is -2.29. The molecule has 24 heavy (non-hydrogen) atoms. The molecule has 1 heterocycles. The summed E-state index contributed by atoms with van der Waals surface area (Å²) in [6.45, 7) is 0.162. The average Bonchev–Trinajstić information content (AvgIpc) is 3.04. The molecule has 3 aromatic rings. The molecule has 1 aromatic heterocycles. The van der Waals surface area contributed by atoms with Crippen LogP contribution in [0.15, 0.2) is 48.5 Å². The fraction of sp³-hybridized carbons (Fsp3) is 0.0667. The molecule has 0 aliphatic carbocycles. The quantitative estimate of drug-likeness (QED) is 0.745. The molecule has 2 N–H and O–H groups in total. The Kier molecular flexibility index (Phi) is 4.93. The zero-order valence-corrected chi connectivity index (χ0v) is 13.8. The minimum atomic E-state index is -0.372. The third-order valence-corrected chi connectivity index (χ3v) is 3.62. The molecule has 9 heteroatoms. The molecule has 0 spiro atoms. The Bertz CT molecular complexity index is 832. The van der Waals surface area contributed by atoms with Crippen LogP contribution < -0.4 is 10.6 Å². The highest BCUT2D eigenvalue weighted by Crippen LogP contribution is 2.14. The summed E-state index contributed by atoms with van der Waals surface area (Å²) >= 11 is 11.7. The fourth-order valence-electron chi connectivity index (χ4n) is 1.97. The van der Waals surface area contributed by atoms with Gasteiger partial charge in [-0.15, -0.1) is 5.10 Å². The fourth-order valence-corrected chi connectivity index (χ4v) is 2.22. The van der Waals surface area contributed by atoms with Gasteiger partial charge in [-0.3, -0.25) is 0 Å². The van der Waals surface area contributed by atoms with Gasteiger partial charge in [0.05, 0.1) is 12.2 Å². The monoisotopic (exact) mass is 362 g/mol. The van der Waals surface area contributed by atoms with Crippen LogP contribution >= 0.6 is 23.2 Å². The van der Waals surface area contributed by atoms with Gasteiger partial charge in [-0.1, -0.05) is 23.2 Å². The van der Waals surface area contributed by atoms with Gasteiger partial charge in [0, 0.05) is 15.7 Å². The zero-order valence-electron chi connectivity index (χ0n) is 12.3. The molecule has 0 aliphatic heterocycles. The number of aromatic nitrogens is 4. The first kappa shape index (κ1) is 16.2. The summed E-state index contributed by atoms with van der Waals surface area (Å²) in [5.41, 5.74) is 1.38. The molecular formula is C15H12Cl2N6O. The summed E-state index contributed by atoms with van der Waals surface area (Å²) in [4.78, 5) is 11.9. The van der Waals surface area contributed by atoms with E-state index in [4.69, 9.17) is 23.2 Å². The number of rotatable bonds is 4. The van der Waals surface area contributed by atoms with Crippen molar-refractivity contribution in [3.63, 3.8) is 0 Å². The van der Waals surface area contributed by atoms with Crippen molar-refractivity contribution in [2.75, 3.05) is 5.32 Å². The molecule has 3 rings (SSSR count). The second-order valence-electron chi connectivity index (χ2n) is 4.80. The Labute approximate surface area is 147 Å². The van der Waals surface area contributed by atoms with Gasteiger partial charge in [0.1, 0.15) is 0 Å². The van der Waals surface area contributed by atoms with Crippen molar-refractivity contribution in [3.05, 3.63) is 64.4 Å². The molecule has 2 amide bonds. The number of halogens is 2. The van der Waals surface area contributed by atoms with E-state index in [-0.39, 0.29) is 12.6 Å². The Morgan fingerprint density at radius 3 is 2.29 bits per heavy atom. The molecular weight excluding hydrogens is 351 g/mol. The normalized spacial score (nSPS) is 10.4. The van der Waals surface area contributed by atoms with Crippen LogP contribution in [0.2, 0.25) is 10.0 Å². The van der Waals surface area contributed by atoms with E-state index in [2.05, 4.69) is 26.2 Å². The summed E-state index contributed by atoms with van der Waals surface area (Å²) in [7, 11) is 0. The van der Waals surface area contributed by atoms with Crippen molar-refractivity contribution in [1.29, 1.82) is 0 Å². The number of urea groups is 1. The standard InChI is InChI=1S/C15H12Cl2N6O/c16-10-1-5-12(6-2-10)19-15(24)18-9-14-20-21-22-23(14)13-7-3-11(17)4-8-13/h1-8H,9H2,(H2,18,19,24). The number of carbonyl (C=O) groups excluding carboxylic acids is 1. The van der Waals surface area contributed by atoms with Crippen molar-refractivity contribution in [2.24, 2.45) is 0 Å². The van der Waals surface area contributed by atoms with E-state index in [0.717, 1.165) is 5.69 Å². The molecule has 122 valence electrons. The van der Waals surface area contributed by atoms with Crippen molar-refractivity contribution in [2.45, 2.75) is 6.54 Å². The van der Waals surface area contributed by atoms with Gasteiger partial charge in [0.2, 0.25) is 0 Å². The lowest BCUT2D eigenvalue weighted by atomic mass is 10.3. The van der Waals surface area contributed by atoms with Crippen molar-refractivity contribution in [1.82, 2.24) is 25.5 Å². The lowest BCUT2D eigenvalue weighted by Gasteiger charge is -2.08. The Morgan fingerprint density at radius 2 is 1.62 bits per heavy atom. The van der Waals surface area contributed by atoms with Crippen molar-refractivity contribution >= 4 is 34.9 Å². The first-order valence-corrected chi connectivity index (χ1v) is 7.71. The first-order chi connectivity index (χ1) is 11.6. The second kappa shape index (κ2) is 7.29. The number of tetrazole rings is 1. The van der Waals surface area contributed by atoms with Gasteiger partial charge in [0.15, 0.2) is 5.82 Å². The number of nitrogens with one attached hydrogen (secondary N) is 2. The Balaban J connectivity index is 1.63. The molecule has 0 radical (unpaired) electrons. The maximum atomic E-state index is 11.9. The lowest BCUT2D eigenvalue weighted by molar-refractivity contribution is 0.251. The van der Waals surface area contributed by atoms with Crippen LogP contribution in [0.5, 0.6) is 0 Å². The maximum absolute atomic E-state index is 11.9. The van der Waals surface area contributed by atoms with E-state index < -0.39 is 0 Å². The summed E-state index contributed by atoms with van der Waals surface area (Å²) in [6, 6.07) is 13.5. The van der Waals surface area contributed by atoms with E-state index in [1.54, 1.807) is 48.5 Å². The first-order valence-electron chi connectivity index (χ1n) is 6.95. The summed E-state index contributed by atoms with van der Waals surface area (Å²) in [5.74, 6) is 0.489. The van der Waals surface area contributed by atoms with Gasteiger partial charge in [-0.2, -0.15) is 4.68 Å². The van der Waals surface area contributed by atoms with Gasteiger partial charge < -0.3 is 10.6 Å². The number of benzene rings is 2. The molecule has 7 nitrogen and oxygen atoms in total. The van der Waals surface area contributed by atoms with Crippen LogP contribution in [0.1, 0.15) is 5.82 Å². The van der Waals surface area contributed by atoms with Gasteiger partial charge >= 0.3 is 6.03 Å². The molecule has 0 saturated carbocycles. The molecule has 2 aromatic carbocycles. The zero-order chi connectivity index (χ0) is 16.9. The van der Waals surface area contributed by atoms with Crippen molar-refractivity contribution < 1.29 is 4.79 Å². The highest BCUT2D eigenvalue weighted by molar-refractivity contribution is 6.30. The third kappa shape index (κ3) is 4.01. The van der Waals surface area contributed by atoms with E-state index in [1.807, 2.05) is 0 Å². The van der Waals surface area contributed by atoms with Gasteiger partial charge in [-0.05, 0) is 59.0 Å². The number of nitrogens with zero attached hydrogens (tertiary/aromatic N) is 4. The summed E-state index contributed by atoms with van der Waals surface area (Å²) in [5, 5.41) is 18.1. The van der Waals surface area contributed by atoms with Crippen LogP contribution in [-0.4, -0.2) is 26.2 Å². The van der Waals surface area contributed by atoms with Crippen LogP contribution in [0, 0.1) is 0 Å². The highest BCUT2D eigenvalue weighted by atomic mass is 35.5. The summed E-state index contributed by atoms with van der Waals surface area (Å²) < 4.78 is 1.53. The SMILES string of the molecule is O=C(NCc1nnnn1-c1ccc(Cl)cc1)Nc1ccc(Cl)cc1. The van der Waals surface area contributed by atoms with Gasteiger partial charge in [-0.25, -0.2) is 4.79 Å². The van der Waals surface area contributed by atoms with E-state index in [0.29, 0.717) is 21.6 Å². The number of carbonyl (C=O) groups is 1.